The van der Waals surface area contributed by atoms with Crippen molar-refractivity contribution in [2.75, 3.05) is 0 Å². The van der Waals surface area contributed by atoms with Crippen LogP contribution in [0.25, 0.3) is 0 Å². The Morgan fingerprint density at radius 2 is 1.73 bits per heavy atom. The summed E-state index contributed by atoms with van der Waals surface area (Å²) in [5.74, 6) is -1.21. The molecule has 15 heavy (non-hydrogen) atoms. The van der Waals surface area contributed by atoms with Gasteiger partial charge in [-0.1, -0.05) is 10.6 Å². The summed E-state index contributed by atoms with van der Waals surface area (Å²) in [5, 5.41) is 2.98. The van der Waals surface area contributed by atoms with Crippen LogP contribution < -0.4 is 0 Å². The predicted molar refractivity (Wildman–Crippen MR) is 55.7 cm³/mol. The van der Waals surface area contributed by atoms with Crippen molar-refractivity contribution >= 4 is 28.7 Å². The SMILES string of the molecule is O=C1C=CC(=O)OS2(C=CC=NC=C2)O1. The van der Waals surface area contributed by atoms with E-state index in [4.69, 9.17) is 8.37 Å². The number of hydrogen-bond donors (Lipinski definition) is 0. The van der Waals surface area contributed by atoms with Gasteiger partial charge >= 0.3 is 11.9 Å². The second kappa shape index (κ2) is 3.74. The molecular formula is C9H7NO4S. The molecule has 0 aromatic heterocycles. The van der Waals surface area contributed by atoms with Crippen molar-refractivity contribution in [2.45, 2.75) is 0 Å². The highest BCUT2D eigenvalue weighted by molar-refractivity contribution is 8.31. The van der Waals surface area contributed by atoms with Crippen molar-refractivity contribution in [1.82, 2.24) is 0 Å². The number of carbonyl (C=O) groups excluding carboxylic acids is 2. The summed E-state index contributed by atoms with van der Waals surface area (Å²) >= 11 is 0. The molecule has 0 N–H and O–H groups in total. The molecule has 0 saturated carbocycles. The Morgan fingerprint density at radius 1 is 1.07 bits per heavy atom. The fourth-order valence-corrected chi connectivity index (χ4v) is 2.49. The first-order chi connectivity index (χ1) is 7.20. The van der Waals surface area contributed by atoms with Crippen LogP contribution in [0.1, 0.15) is 0 Å². The molecule has 0 aromatic rings. The van der Waals surface area contributed by atoms with Gasteiger partial charge in [0.05, 0.1) is 10.8 Å². The zero-order valence-corrected chi connectivity index (χ0v) is 8.35. The Hall–Kier alpha value is -1.82. The molecule has 6 heteroatoms. The summed E-state index contributed by atoms with van der Waals surface area (Å²) in [6, 6.07) is 0. The Bertz CT molecular complexity index is 384. The van der Waals surface area contributed by atoms with E-state index in [0.717, 1.165) is 12.2 Å². The third-order valence-corrected chi connectivity index (χ3v) is 3.44. The van der Waals surface area contributed by atoms with Crippen LogP contribution in [0, 0.1) is 0 Å². The smallest absolute Gasteiger partial charge is 0.332 e. The molecule has 0 aliphatic carbocycles. The van der Waals surface area contributed by atoms with E-state index < -0.39 is 22.5 Å². The second-order valence-electron chi connectivity index (χ2n) is 2.64. The van der Waals surface area contributed by atoms with Gasteiger partial charge in [0, 0.05) is 24.6 Å². The van der Waals surface area contributed by atoms with Crippen molar-refractivity contribution in [3.63, 3.8) is 0 Å². The lowest BCUT2D eigenvalue weighted by Gasteiger charge is -2.32. The van der Waals surface area contributed by atoms with Gasteiger partial charge in [0.15, 0.2) is 0 Å². The highest BCUT2D eigenvalue weighted by atomic mass is 32.3. The topological polar surface area (TPSA) is 65.0 Å². The molecule has 0 fully saturated rings. The number of rotatable bonds is 0. The molecule has 0 saturated heterocycles. The molecule has 0 amide bonds. The number of nitrogens with zero attached hydrogens (tertiary/aromatic N) is 1. The third-order valence-electron chi connectivity index (χ3n) is 1.56. The van der Waals surface area contributed by atoms with Crippen molar-refractivity contribution < 1.29 is 18.0 Å². The Labute approximate surface area is 87.5 Å². The molecule has 2 rings (SSSR count). The fraction of sp³-hybridized carbons (Fsp3) is 0. The van der Waals surface area contributed by atoms with Crippen LogP contribution in [0.5, 0.6) is 0 Å². The Balaban J connectivity index is 2.35. The van der Waals surface area contributed by atoms with Crippen molar-refractivity contribution in [3.05, 3.63) is 35.2 Å². The van der Waals surface area contributed by atoms with Gasteiger partial charge in [-0.2, -0.15) is 0 Å². The lowest BCUT2D eigenvalue weighted by Crippen LogP contribution is -2.07. The van der Waals surface area contributed by atoms with Crippen LogP contribution in [-0.4, -0.2) is 18.2 Å². The van der Waals surface area contributed by atoms with Crippen LogP contribution in [0.3, 0.4) is 0 Å². The minimum absolute atomic E-state index is 0.605. The van der Waals surface area contributed by atoms with E-state index in [2.05, 4.69) is 4.99 Å². The Morgan fingerprint density at radius 3 is 2.40 bits per heavy atom. The lowest BCUT2D eigenvalue weighted by atomic mass is 10.5. The van der Waals surface area contributed by atoms with E-state index in [-0.39, 0.29) is 0 Å². The summed E-state index contributed by atoms with van der Waals surface area (Å²) in [6.07, 6.45) is 6.59. The van der Waals surface area contributed by atoms with Crippen LogP contribution >= 0.6 is 10.6 Å². The first-order valence-electron chi connectivity index (χ1n) is 4.05. The standard InChI is InChI=1S/C9H7NO4S/c11-8-2-3-9(12)14-15(13-8)6-1-4-10-5-7-15/h1-7H. The predicted octanol–water partition coefficient (Wildman–Crippen LogP) is 1.35. The molecular weight excluding hydrogens is 218 g/mol. The molecule has 0 atom stereocenters. The summed E-state index contributed by atoms with van der Waals surface area (Å²) in [5.41, 5.74) is 0. The van der Waals surface area contributed by atoms with E-state index in [1.54, 1.807) is 6.08 Å². The van der Waals surface area contributed by atoms with Crippen LogP contribution in [0.4, 0.5) is 0 Å². The zero-order valence-electron chi connectivity index (χ0n) is 7.53. The number of allylic oxidation sites excluding steroid dienone is 1. The van der Waals surface area contributed by atoms with Crippen LogP contribution in [0.2, 0.25) is 0 Å². The van der Waals surface area contributed by atoms with Gasteiger partial charge in [-0.05, 0) is 6.08 Å². The van der Waals surface area contributed by atoms with E-state index in [1.807, 2.05) is 0 Å². The highest BCUT2D eigenvalue weighted by Crippen LogP contribution is 2.54. The average molecular weight is 225 g/mol. The van der Waals surface area contributed by atoms with Gasteiger partial charge in [0.1, 0.15) is 0 Å². The quantitative estimate of drug-likeness (QED) is 0.624. The molecule has 78 valence electrons. The van der Waals surface area contributed by atoms with E-state index in [1.165, 1.54) is 23.2 Å². The molecule has 2 heterocycles. The maximum Gasteiger partial charge on any atom is 0.354 e. The van der Waals surface area contributed by atoms with Crippen molar-refractivity contribution in [1.29, 1.82) is 0 Å². The number of aliphatic imine (C=N–C) groups is 1. The van der Waals surface area contributed by atoms with Gasteiger partial charge in [0.2, 0.25) is 0 Å². The third kappa shape index (κ3) is 2.16. The first kappa shape index (κ1) is 9.72. The summed E-state index contributed by atoms with van der Waals surface area (Å²) < 4.78 is 10.1. The fourth-order valence-electron chi connectivity index (χ4n) is 0.986. The van der Waals surface area contributed by atoms with E-state index in [0.29, 0.717) is 0 Å². The lowest BCUT2D eigenvalue weighted by molar-refractivity contribution is -0.129. The Kier molecular flexibility index (Phi) is 2.42. The van der Waals surface area contributed by atoms with Gasteiger partial charge < -0.3 is 8.37 Å². The number of hydrogen-bond acceptors (Lipinski definition) is 5. The highest BCUT2D eigenvalue weighted by Gasteiger charge is 2.25. The molecule has 2 aliphatic rings. The molecule has 0 radical (unpaired) electrons. The monoisotopic (exact) mass is 225 g/mol. The minimum Gasteiger partial charge on any atom is -0.332 e. The minimum atomic E-state index is -2.42. The summed E-state index contributed by atoms with van der Waals surface area (Å²) in [7, 11) is -2.42. The average Bonchev–Trinajstić information content (AvgIpc) is 2.47. The van der Waals surface area contributed by atoms with E-state index in [9.17, 15) is 9.59 Å². The largest absolute Gasteiger partial charge is 0.354 e. The second-order valence-corrected chi connectivity index (χ2v) is 4.69. The van der Waals surface area contributed by atoms with Crippen molar-refractivity contribution in [2.24, 2.45) is 4.99 Å². The molecule has 0 bridgehead atoms. The molecule has 2 aliphatic heterocycles. The number of carbonyl (C=O) groups is 2. The summed E-state index contributed by atoms with van der Waals surface area (Å²) in [6.45, 7) is 0. The van der Waals surface area contributed by atoms with Gasteiger partial charge in [-0.3, -0.25) is 4.99 Å². The molecule has 5 nitrogen and oxygen atoms in total. The van der Waals surface area contributed by atoms with Gasteiger partial charge in [-0.25, -0.2) is 9.59 Å². The van der Waals surface area contributed by atoms with Gasteiger partial charge in [0.25, 0.3) is 0 Å². The maximum absolute atomic E-state index is 11.2. The van der Waals surface area contributed by atoms with Crippen LogP contribution in [-0.2, 0) is 18.0 Å². The molecule has 1 spiro atoms. The normalized spacial score (nSPS) is 24.3. The van der Waals surface area contributed by atoms with E-state index >= 15 is 0 Å². The maximum atomic E-state index is 11.2. The van der Waals surface area contributed by atoms with Crippen molar-refractivity contribution in [3.8, 4) is 0 Å². The summed E-state index contributed by atoms with van der Waals surface area (Å²) in [4.78, 5) is 26.2. The van der Waals surface area contributed by atoms with Gasteiger partial charge in [-0.15, -0.1) is 0 Å². The first-order valence-corrected chi connectivity index (χ1v) is 5.66. The van der Waals surface area contributed by atoms with Crippen LogP contribution in [0.15, 0.2) is 40.2 Å². The zero-order chi connectivity index (χ0) is 10.7. The molecule has 0 aromatic carbocycles. The molecule has 0 unspecified atom stereocenters.